The number of hydrogen-bond acceptors (Lipinski definition) is 4. The lowest BCUT2D eigenvalue weighted by atomic mass is 10.2. The van der Waals surface area contributed by atoms with Gasteiger partial charge in [-0.3, -0.25) is 4.79 Å². The van der Waals surface area contributed by atoms with Crippen LogP contribution in [0.5, 0.6) is 0 Å². The molecule has 88 valence electrons. The van der Waals surface area contributed by atoms with E-state index in [0.717, 1.165) is 22.9 Å². The van der Waals surface area contributed by atoms with Crippen molar-refractivity contribution in [3.8, 4) is 0 Å². The highest BCUT2D eigenvalue weighted by molar-refractivity contribution is 7.98. The summed E-state index contributed by atoms with van der Waals surface area (Å²) in [5.74, 6) is 0.0630. The van der Waals surface area contributed by atoms with Gasteiger partial charge in [0.05, 0.1) is 0 Å². The average molecular weight is 256 g/mol. The Labute approximate surface area is 104 Å². The Morgan fingerprint density at radius 1 is 1.75 bits per heavy atom. The van der Waals surface area contributed by atoms with E-state index < -0.39 is 0 Å². The molecule has 1 fully saturated rings. The molecule has 2 heterocycles. The van der Waals surface area contributed by atoms with Gasteiger partial charge in [-0.25, -0.2) is 0 Å². The van der Waals surface area contributed by atoms with E-state index in [-0.39, 0.29) is 5.91 Å². The predicted octanol–water partition coefficient (Wildman–Crippen LogP) is 1.95. The smallest absolute Gasteiger partial charge is 0.262 e. The van der Waals surface area contributed by atoms with Crippen LogP contribution in [0, 0.1) is 0 Å². The lowest BCUT2D eigenvalue weighted by Crippen LogP contribution is -2.37. The van der Waals surface area contributed by atoms with Crippen LogP contribution in [0.4, 0.5) is 0 Å². The van der Waals surface area contributed by atoms with Crippen molar-refractivity contribution in [2.75, 3.05) is 19.3 Å². The van der Waals surface area contributed by atoms with Gasteiger partial charge in [-0.15, -0.1) is 23.1 Å². The van der Waals surface area contributed by atoms with Gasteiger partial charge >= 0.3 is 0 Å². The number of thioether (sulfide) groups is 1. The fraction of sp³-hybridized carbons (Fsp3) is 0.545. The summed E-state index contributed by atoms with van der Waals surface area (Å²) in [6.07, 6.45) is 4.38. The Kier molecular flexibility index (Phi) is 4.26. The Bertz CT molecular complexity index is 359. The predicted molar refractivity (Wildman–Crippen MR) is 69.5 cm³/mol. The minimum Gasteiger partial charge on any atom is -0.350 e. The van der Waals surface area contributed by atoms with Gasteiger partial charge in [0.15, 0.2) is 0 Å². The van der Waals surface area contributed by atoms with Crippen LogP contribution in [-0.2, 0) is 0 Å². The molecule has 1 aromatic heterocycles. The van der Waals surface area contributed by atoms with Gasteiger partial charge < -0.3 is 10.6 Å². The second kappa shape index (κ2) is 5.70. The molecule has 0 aromatic carbocycles. The maximum Gasteiger partial charge on any atom is 0.262 e. The Balaban J connectivity index is 1.87. The van der Waals surface area contributed by atoms with Gasteiger partial charge in [-0.1, -0.05) is 0 Å². The zero-order valence-electron chi connectivity index (χ0n) is 9.29. The molecule has 0 bridgehead atoms. The van der Waals surface area contributed by atoms with Crippen molar-refractivity contribution < 1.29 is 4.79 Å². The molecule has 16 heavy (non-hydrogen) atoms. The van der Waals surface area contributed by atoms with Crippen molar-refractivity contribution in [2.45, 2.75) is 23.8 Å². The number of nitrogens with one attached hydrogen (secondary N) is 2. The van der Waals surface area contributed by atoms with E-state index in [4.69, 9.17) is 0 Å². The van der Waals surface area contributed by atoms with Crippen LogP contribution in [0.2, 0.25) is 0 Å². The third-order valence-corrected chi connectivity index (χ3v) is 4.55. The standard InChI is InChI=1S/C11H16N2OS2/c1-15-9-4-6-16-10(9)11(14)13-7-8-3-2-5-12-8/h4,6,8,12H,2-3,5,7H2,1H3,(H,13,14). The summed E-state index contributed by atoms with van der Waals surface area (Å²) in [6, 6.07) is 2.46. The number of carbonyl (C=O) groups is 1. The normalized spacial score (nSPS) is 19.9. The SMILES string of the molecule is CSc1ccsc1C(=O)NCC1CCCN1. The summed E-state index contributed by atoms with van der Waals surface area (Å²) >= 11 is 3.13. The molecule has 1 aliphatic rings. The summed E-state index contributed by atoms with van der Waals surface area (Å²) < 4.78 is 0. The lowest BCUT2D eigenvalue weighted by Gasteiger charge is -2.11. The first-order chi connectivity index (χ1) is 7.81. The molecule has 2 rings (SSSR count). The van der Waals surface area contributed by atoms with E-state index in [1.165, 1.54) is 24.2 Å². The Morgan fingerprint density at radius 2 is 2.62 bits per heavy atom. The van der Waals surface area contributed by atoms with Crippen molar-refractivity contribution in [3.63, 3.8) is 0 Å². The largest absolute Gasteiger partial charge is 0.350 e. The van der Waals surface area contributed by atoms with Crippen LogP contribution in [0.3, 0.4) is 0 Å². The third-order valence-electron chi connectivity index (χ3n) is 2.73. The molecular weight excluding hydrogens is 240 g/mol. The lowest BCUT2D eigenvalue weighted by molar-refractivity contribution is 0.0952. The van der Waals surface area contributed by atoms with E-state index >= 15 is 0 Å². The van der Waals surface area contributed by atoms with E-state index in [9.17, 15) is 4.79 Å². The summed E-state index contributed by atoms with van der Waals surface area (Å²) in [6.45, 7) is 1.82. The molecule has 1 unspecified atom stereocenters. The molecule has 1 aliphatic heterocycles. The average Bonchev–Trinajstić information content (AvgIpc) is 2.96. The minimum atomic E-state index is 0.0630. The summed E-state index contributed by atoms with van der Waals surface area (Å²) in [4.78, 5) is 13.8. The molecule has 0 aliphatic carbocycles. The van der Waals surface area contributed by atoms with Crippen molar-refractivity contribution >= 4 is 29.0 Å². The van der Waals surface area contributed by atoms with Crippen LogP contribution >= 0.6 is 23.1 Å². The van der Waals surface area contributed by atoms with Crippen molar-refractivity contribution in [1.82, 2.24) is 10.6 Å². The van der Waals surface area contributed by atoms with Crippen molar-refractivity contribution in [2.24, 2.45) is 0 Å². The van der Waals surface area contributed by atoms with Gasteiger partial charge in [0.2, 0.25) is 0 Å². The van der Waals surface area contributed by atoms with Crippen LogP contribution < -0.4 is 10.6 Å². The molecule has 5 heteroatoms. The summed E-state index contributed by atoms with van der Waals surface area (Å²) in [5.41, 5.74) is 0. The zero-order chi connectivity index (χ0) is 11.4. The number of hydrogen-bond donors (Lipinski definition) is 2. The van der Waals surface area contributed by atoms with E-state index in [0.29, 0.717) is 6.04 Å². The van der Waals surface area contributed by atoms with Crippen LogP contribution in [0.1, 0.15) is 22.5 Å². The number of thiophene rings is 1. The molecule has 0 radical (unpaired) electrons. The maximum atomic E-state index is 11.9. The number of amides is 1. The monoisotopic (exact) mass is 256 g/mol. The van der Waals surface area contributed by atoms with Gasteiger partial charge in [-0.05, 0) is 37.1 Å². The third kappa shape index (κ3) is 2.78. The Hall–Kier alpha value is -0.520. The minimum absolute atomic E-state index is 0.0630. The molecule has 2 N–H and O–H groups in total. The van der Waals surface area contributed by atoms with Crippen LogP contribution in [0.25, 0.3) is 0 Å². The zero-order valence-corrected chi connectivity index (χ0v) is 10.9. The van der Waals surface area contributed by atoms with E-state index in [1.807, 2.05) is 17.7 Å². The fourth-order valence-electron chi connectivity index (χ4n) is 1.85. The van der Waals surface area contributed by atoms with Gasteiger partial charge in [0.1, 0.15) is 4.88 Å². The maximum absolute atomic E-state index is 11.9. The van der Waals surface area contributed by atoms with Crippen molar-refractivity contribution in [1.29, 1.82) is 0 Å². The summed E-state index contributed by atoms with van der Waals surface area (Å²) in [5, 5.41) is 8.33. The van der Waals surface area contributed by atoms with Gasteiger partial charge in [0, 0.05) is 17.5 Å². The first kappa shape index (κ1) is 12.0. The molecule has 1 aromatic rings. The molecule has 1 amide bonds. The highest BCUT2D eigenvalue weighted by Gasteiger charge is 2.17. The number of carbonyl (C=O) groups excluding carboxylic acids is 1. The fourth-order valence-corrected chi connectivity index (χ4v) is 3.52. The second-order valence-electron chi connectivity index (χ2n) is 3.82. The summed E-state index contributed by atoms with van der Waals surface area (Å²) in [7, 11) is 0. The Morgan fingerprint density at radius 3 is 3.31 bits per heavy atom. The van der Waals surface area contributed by atoms with Gasteiger partial charge in [-0.2, -0.15) is 0 Å². The number of rotatable bonds is 4. The molecule has 0 saturated carbocycles. The quantitative estimate of drug-likeness (QED) is 0.809. The first-order valence-corrected chi connectivity index (χ1v) is 7.55. The van der Waals surface area contributed by atoms with Crippen LogP contribution in [0.15, 0.2) is 16.3 Å². The van der Waals surface area contributed by atoms with E-state index in [2.05, 4.69) is 10.6 Å². The topological polar surface area (TPSA) is 41.1 Å². The van der Waals surface area contributed by atoms with Crippen molar-refractivity contribution in [3.05, 3.63) is 16.3 Å². The highest BCUT2D eigenvalue weighted by Crippen LogP contribution is 2.25. The highest BCUT2D eigenvalue weighted by atomic mass is 32.2. The molecule has 3 nitrogen and oxygen atoms in total. The first-order valence-electron chi connectivity index (χ1n) is 5.44. The van der Waals surface area contributed by atoms with Crippen LogP contribution in [-0.4, -0.2) is 31.3 Å². The molecule has 1 atom stereocenters. The molecule has 0 spiro atoms. The molecule has 1 saturated heterocycles. The molecular formula is C11H16N2OS2. The van der Waals surface area contributed by atoms with E-state index in [1.54, 1.807) is 11.8 Å². The second-order valence-corrected chi connectivity index (χ2v) is 5.59. The van der Waals surface area contributed by atoms with Gasteiger partial charge in [0.25, 0.3) is 5.91 Å².